The lowest BCUT2D eigenvalue weighted by atomic mass is 9.96. The fourth-order valence-electron chi connectivity index (χ4n) is 3.20. The summed E-state index contributed by atoms with van der Waals surface area (Å²) in [7, 11) is 4.62. The molecule has 1 heterocycles. The molecule has 1 fully saturated rings. The van der Waals surface area contributed by atoms with E-state index in [1.54, 1.807) is 0 Å². The van der Waals surface area contributed by atoms with Crippen molar-refractivity contribution >= 4 is 11.6 Å². The minimum atomic E-state index is 0. The Balaban J connectivity index is 0.00000192. The van der Waals surface area contributed by atoms with Gasteiger partial charge in [0, 0.05) is 18.1 Å². The van der Waals surface area contributed by atoms with Crippen LogP contribution in [0.5, 0.6) is 0 Å². The molecule has 1 unspecified atom stereocenters. The maximum atomic E-state index is 6.51. The Kier molecular flexibility index (Phi) is 6.48. The lowest BCUT2D eigenvalue weighted by molar-refractivity contribution is -0.894. The summed E-state index contributed by atoms with van der Waals surface area (Å²) >= 11 is 6.51. The highest BCUT2D eigenvalue weighted by Gasteiger charge is 2.31. The van der Waals surface area contributed by atoms with Crippen molar-refractivity contribution in [2.45, 2.75) is 6.04 Å². The third-order valence-electron chi connectivity index (χ3n) is 4.67. The van der Waals surface area contributed by atoms with Crippen LogP contribution in [0, 0.1) is 0 Å². The molecule has 0 radical (unpaired) electrons. The first-order chi connectivity index (χ1) is 10.6. The van der Waals surface area contributed by atoms with Gasteiger partial charge in [-0.1, -0.05) is 60.1 Å². The number of piperazine rings is 1. The summed E-state index contributed by atoms with van der Waals surface area (Å²) in [5.74, 6) is 0. The standard InChI is InChI=1S/C19H24ClN2.HI/c1-22(2)14-12-21(13-15-22)19(16-8-4-3-5-9-16)17-10-6-7-11-18(17)20;/h3-11,19H,12-15H2,1-2H3;1H/q+1;/p-1. The van der Waals surface area contributed by atoms with Crippen molar-refractivity contribution in [2.24, 2.45) is 0 Å². The molecule has 124 valence electrons. The van der Waals surface area contributed by atoms with Crippen LogP contribution in [-0.4, -0.2) is 49.7 Å². The average Bonchev–Trinajstić information content (AvgIpc) is 2.52. The summed E-state index contributed by atoms with van der Waals surface area (Å²) in [5.41, 5.74) is 2.53. The maximum Gasteiger partial charge on any atom is 0.0912 e. The molecule has 3 rings (SSSR count). The Labute approximate surface area is 161 Å². The van der Waals surface area contributed by atoms with Gasteiger partial charge in [-0.15, -0.1) is 0 Å². The van der Waals surface area contributed by atoms with Crippen molar-refractivity contribution < 1.29 is 28.5 Å². The molecule has 0 aromatic heterocycles. The highest BCUT2D eigenvalue weighted by Crippen LogP contribution is 2.34. The number of likely N-dealkylation sites (N-methyl/N-ethyl adjacent to an activating group) is 1. The van der Waals surface area contributed by atoms with Crippen LogP contribution in [0.4, 0.5) is 0 Å². The van der Waals surface area contributed by atoms with E-state index in [0.29, 0.717) is 0 Å². The quantitative estimate of drug-likeness (QED) is 0.503. The fraction of sp³-hybridized carbons (Fsp3) is 0.368. The van der Waals surface area contributed by atoms with E-state index in [1.165, 1.54) is 24.2 Å². The minimum Gasteiger partial charge on any atom is -1.00 e. The summed E-state index contributed by atoms with van der Waals surface area (Å²) in [6.07, 6.45) is 0. The van der Waals surface area contributed by atoms with Crippen LogP contribution < -0.4 is 24.0 Å². The number of hydrogen-bond acceptors (Lipinski definition) is 1. The van der Waals surface area contributed by atoms with Crippen molar-refractivity contribution in [1.82, 2.24) is 4.90 Å². The number of rotatable bonds is 3. The molecule has 0 N–H and O–H groups in total. The molecule has 1 aliphatic heterocycles. The van der Waals surface area contributed by atoms with Crippen LogP contribution in [0.2, 0.25) is 5.02 Å². The van der Waals surface area contributed by atoms with E-state index in [-0.39, 0.29) is 30.0 Å². The van der Waals surface area contributed by atoms with Gasteiger partial charge in [0.25, 0.3) is 0 Å². The first-order valence-corrected chi connectivity index (χ1v) is 8.30. The Hall–Kier alpha value is -0.620. The van der Waals surface area contributed by atoms with Crippen LogP contribution in [0.1, 0.15) is 17.2 Å². The van der Waals surface area contributed by atoms with Crippen molar-refractivity contribution in [3.63, 3.8) is 0 Å². The molecule has 2 aromatic rings. The Morgan fingerprint density at radius 2 is 1.48 bits per heavy atom. The fourth-order valence-corrected chi connectivity index (χ4v) is 3.44. The van der Waals surface area contributed by atoms with Crippen molar-refractivity contribution in [3.8, 4) is 0 Å². The third-order valence-corrected chi connectivity index (χ3v) is 5.01. The van der Waals surface area contributed by atoms with Gasteiger partial charge in [0.05, 0.1) is 33.2 Å². The third kappa shape index (κ3) is 4.47. The number of nitrogens with zero attached hydrogens (tertiary/aromatic N) is 2. The molecule has 0 saturated carbocycles. The largest absolute Gasteiger partial charge is 1.00 e. The summed E-state index contributed by atoms with van der Waals surface area (Å²) in [5, 5.41) is 0.857. The monoisotopic (exact) mass is 442 g/mol. The van der Waals surface area contributed by atoms with Gasteiger partial charge in [0.2, 0.25) is 0 Å². The molecular formula is C19H24ClIN2. The summed E-state index contributed by atoms with van der Waals surface area (Å²) in [6.45, 7) is 4.54. The zero-order chi connectivity index (χ0) is 15.6. The van der Waals surface area contributed by atoms with Crippen LogP contribution in [0.15, 0.2) is 54.6 Å². The van der Waals surface area contributed by atoms with E-state index in [1.807, 2.05) is 12.1 Å². The molecule has 1 atom stereocenters. The van der Waals surface area contributed by atoms with Crippen LogP contribution in [0.3, 0.4) is 0 Å². The smallest absolute Gasteiger partial charge is 0.0912 e. The predicted octanol–water partition coefficient (Wildman–Crippen LogP) is 0.825. The molecular weight excluding hydrogens is 419 g/mol. The molecule has 0 amide bonds. The molecule has 2 aromatic carbocycles. The predicted molar refractivity (Wildman–Crippen MR) is 93.2 cm³/mol. The average molecular weight is 443 g/mol. The van der Waals surface area contributed by atoms with Crippen LogP contribution in [-0.2, 0) is 0 Å². The van der Waals surface area contributed by atoms with Gasteiger partial charge >= 0.3 is 0 Å². The molecule has 0 bridgehead atoms. The second kappa shape index (κ2) is 7.97. The number of halogens is 2. The lowest BCUT2D eigenvalue weighted by Crippen LogP contribution is -3.00. The van der Waals surface area contributed by atoms with Gasteiger partial charge < -0.3 is 28.5 Å². The first-order valence-electron chi connectivity index (χ1n) is 7.92. The molecule has 1 saturated heterocycles. The summed E-state index contributed by atoms with van der Waals surface area (Å²) in [6, 6.07) is 19.2. The zero-order valence-corrected chi connectivity index (χ0v) is 16.7. The van der Waals surface area contributed by atoms with E-state index in [4.69, 9.17) is 11.6 Å². The molecule has 23 heavy (non-hydrogen) atoms. The minimum absolute atomic E-state index is 0. The number of hydrogen-bond donors (Lipinski definition) is 0. The van der Waals surface area contributed by atoms with Gasteiger partial charge in [0.15, 0.2) is 0 Å². The molecule has 0 aliphatic carbocycles. The van der Waals surface area contributed by atoms with Crippen molar-refractivity contribution in [2.75, 3.05) is 40.3 Å². The highest BCUT2D eigenvalue weighted by atomic mass is 127. The topological polar surface area (TPSA) is 3.24 Å². The molecule has 4 heteroatoms. The van der Waals surface area contributed by atoms with E-state index in [0.717, 1.165) is 22.6 Å². The highest BCUT2D eigenvalue weighted by molar-refractivity contribution is 6.31. The second-order valence-corrected chi connectivity index (χ2v) is 7.16. The maximum absolute atomic E-state index is 6.51. The summed E-state index contributed by atoms with van der Waals surface area (Å²) in [4.78, 5) is 2.57. The lowest BCUT2D eigenvalue weighted by Gasteiger charge is -2.42. The van der Waals surface area contributed by atoms with E-state index < -0.39 is 0 Å². The van der Waals surface area contributed by atoms with Gasteiger partial charge in [-0.2, -0.15) is 0 Å². The van der Waals surface area contributed by atoms with Gasteiger partial charge in [0.1, 0.15) is 0 Å². The SMILES string of the molecule is C[N+]1(C)CCN(C(c2ccccc2)c2ccccc2Cl)CC1.[I-]. The summed E-state index contributed by atoms with van der Waals surface area (Å²) < 4.78 is 1.10. The molecule has 0 spiro atoms. The Bertz CT molecular complexity index is 620. The number of benzene rings is 2. The number of quaternary nitrogens is 1. The van der Waals surface area contributed by atoms with E-state index in [2.05, 4.69) is 61.5 Å². The molecule has 2 nitrogen and oxygen atoms in total. The van der Waals surface area contributed by atoms with E-state index >= 15 is 0 Å². The first kappa shape index (κ1) is 18.7. The van der Waals surface area contributed by atoms with Gasteiger partial charge in [-0.25, -0.2) is 0 Å². The second-order valence-electron chi connectivity index (χ2n) is 6.75. The van der Waals surface area contributed by atoms with Gasteiger partial charge in [-0.05, 0) is 17.2 Å². The Morgan fingerprint density at radius 1 is 0.913 bits per heavy atom. The van der Waals surface area contributed by atoms with E-state index in [9.17, 15) is 0 Å². The normalized spacial score (nSPS) is 18.9. The van der Waals surface area contributed by atoms with Crippen molar-refractivity contribution in [1.29, 1.82) is 0 Å². The van der Waals surface area contributed by atoms with Crippen molar-refractivity contribution in [3.05, 3.63) is 70.7 Å². The van der Waals surface area contributed by atoms with Crippen LogP contribution in [0.25, 0.3) is 0 Å². The Morgan fingerprint density at radius 3 is 2.09 bits per heavy atom. The zero-order valence-electron chi connectivity index (χ0n) is 13.8. The van der Waals surface area contributed by atoms with Crippen LogP contribution >= 0.6 is 11.6 Å². The molecule has 1 aliphatic rings. The van der Waals surface area contributed by atoms with Gasteiger partial charge in [-0.3, -0.25) is 4.90 Å².